The number of Topliss-reactive ketones (excluding diaryl/α,β-unsaturated/α-hetero) is 1. The van der Waals surface area contributed by atoms with Gasteiger partial charge in [0.15, 0.2) is 5.78 Å². The van der Waals surface area contributed by atoms with E-state index in [0.717, 1.165) is 0 Å². The van der Waals surface area contributed by atoms with Crippen LogP contribution in [-0.4, -0.2) is 43.2 Å². The van der Waals surface area contributed by atoms with Gasteiger partial charge >= 0.3 is 5.97 Å². The fraction of sp³-hybridized carbons (Fsp3) is 0.538. The van der Waals surface area contributed by atoms with Gasteiger partial charge in [0.2, 0.25) is 0 Å². The third-order valence-corrected chi connectivity index (χ3v) is 4.75. The Bertz CT molecular complexity index is 533. The normalized spacial score (nSPS) is 16.2. The Kier molecular flexibility index (Phi) is 4.29. The molecule has 6 nitrogen and oxygen atoms in total. The number of nitrogens with zero attached hydrogens (tertiary/aromatic N) is 1. The van der Waals surface area contributed by atoms with Gasteiger partial charge in [-0.05, 0) is 12.8 Å². The van der Waals surface area contributed by atoms with Gasteiger partial charge in [-0.1, -0.05) is 0 Å². The number of hydrogen-bond donors (Lipinski definition) is 2. The summed E-state index contributed by atoms with van der Waals surface area (Å²) in [5.74, 6) is -0.701. The average molecular weight is 298 g/mol. The molecule has 1 saturated heterocycles. The van der Waals surface area contributed by atoms with Gasteiger partial charge in [-0.25, -0.2) is 4.79 Å². The molecule has 0 aliphatic carbocycles. The molecule has 0 amide bonds. The van der Waals surface area contributed by atoms with Crippen LogP contribution in [0.2, 0.25) is 0 Å². The van der Waals surface area contributed by atoms with Crippen molar-refractivity contribution in [3.05, 3.63) is 10.4 Å². The molecule has 7 heteroatoms. The fourth-order valence-electron chi connectivity index (χ4n) is 2.28. The van der Waals surface area contributed by atoms with E-state index in [2.05, 4.69) is 0 Å². The van der Waals surface area contributed by atoms with Crippen LogP contribution in [0.1, 0.15) is 39.8 Å². The molecule has 0 saturated carbocycles. The lowest BCUT2D eigenvalue weighted by Crippen LogP contribution is -2.36. The Balaban J connectivity index is 2.43. The van der Waals surface area contributed by atoms with Crippen molar-refractivity contribution in [3.63, 3.8) is 0 Å². The highest BCUT2D eigenvalue weighted by Crippen LogP contribution is 2.40. The Morgan fingerprint density at radius 1 is 1.40 bits per heavy atom. The van der Waals surface area contributed by atoms with Crippen molar-refractivity contribution in [2.45, 2.75) is 25.9 Å². The number of aliphatic hydroxyl groups is 1. The van der Waals surface area contributed by atoms with Crippen molar-refractivity contribution in [3.8, 4) is 0 Å². The summed E-state index contributed by atoms with van der Waals surface area (Å²) in [6.45, 7) is 2.68. The lowest BCUT2D eigenvalue weighted by atomic mass is 10.1. The molecule has 110 valence electrons. The molecule has 3 N–H and O–H groups in total. The van der Waals surface area contributed by atoms with Gasteiger partial charge < -0.3 is 20.5 Å². The Labute approximate surface area is 121 Å². The summed E-state index contributed by atoms with van der Waals surface area (Å²) >= 11 is 1.21. The minimum absolute atomic E-state index is 0.166. The first kappa shape index (κ1) is 14.8. The summed E-state index contributed by atoms with van der Waals surface area (Å²) in [5.41, 5.74) is 6.38. The summed E-state index contributed by atoms with van der Waals surface area (Å²) in [5, 5.41) is 10.2. The lowest BCUT2D eigenvalue weighted by Gasteiger charge is -2.30. The highest BCUT2D eigenvalue weighted by atomic mass is 32.1. The first-order valence-electron chi connectivity index (χ1n) is 6.40. The maximum Gasteiger partial charge on any atom is 0.343 e. The molecular weight excluding hydrogens is 280 g/mol. The minimum atomic E-state index is -0.535. The van der Waals surface area contributed by atoms with Crippen LogP contribution in [0.3, 0.4) is 0 Å². The molecule has 0 atom stereocenters. The van der Waals surface area contributed by atoms with Gasteiger partial charge in [0.1, 0.15) is 10.6 Å². The second kappa shape index (κ2) is 5.80. The third-order valence-electron chi connectivity index (χ3n) is 3.39. The molecule has 0 spiro atoms. The Morgan fingerprint density at radius 3 is 2.50 bits per heavy atom. The fourth-order valence-corrected chi connectivity index (χ4v) is 3.44. The number of carbonyl (C=O) groups excluding carboxylic acids is 2. The zero-order chi connectivity index (χ0) is 14.9. The van der Waals surface area contributed by atoms with Crippen LogP contribution < -0.4 is 10.6 Å². The van der Waals surface area contributed by atoms with Crippen LogP contribution >= 0.6 is 11.3 Å². The van der Waals surface area contributed by atoms with Crippen LogP contribution in [0.15, 0.2) is 0 Å². The lowest BCUT2D eigenvalue weighted by molar-refractivity contribution is 0.0603. The summed E-state index contributed by atoms with van der Waals surface area (Å²) in [6.07, 6.45) is 0.958. The molecule has 0 unspecified atom stereocenters. The number of carbonyl (C=O) groups is 2. The molecule has 1 aromatic heterocycles. The number of hydrogen-bond acceptors (Lipinski definition) is 7. The average Bonchev–Trinajstić information content (AvgIpc) is 2.76. The molecule has 0 bridgehead atoms. The second-order valence-corrected chi connectivity index (χ2v) is 5.79. The van der Waals surface area contributed by atoms with Gasteiger partial charge in [0, 0.05) is 20.0 Å². The highest BCUT2D eigenvalue weighted by molar-refractivity contribution is 7.19. The standard InChI is InChI=1S/C13H18N2O4S/c1-7(16)11-10(14)9(13(18)19-2)12(20-11)15-5-3-8(17)4-6-15/h8,17H,3-6,14H2,1-2H3. The van der Waals surface area contributed by atoms with E-state index in [-0.39, 0.29) is 23.1 Å². The Hall–Kier alpha value is -1.60. The number of thiophene rings is 1. The highest BCUT2D eigenvalue weighted by Gasteiger charge is 2.29. The maximum atomic E-state index is 11.9. The van der Waals surface area contributed by atoms with E-state index in [0.29, 0.717) is 35.8 Å². The molecular formula is C13H18N2O4S. The number of rotatable bonds is 3. The largest absolute Gasteiger partial charge is 0.465 e. The number of methoxy groups -OCH3 is 1. The second-order valence-electron chi connectivity index (χ2n) is 4.79. The zero-order valence-corrected chi connectivity index (χ0v) is 12.3. The molecule has 20 heavy (non-hydrogen) atoms. The molecule has 0 aromatic carbocycles. The van der Waals surface area contributed by atoms with E-state index in [1.54, 1.807) is 0 Å². The number of anilines is 2. The zero-order valence-electron chi connectivity index (χ0n) is 11.5. The third kappa shape index (κ3) is 2.64. The smallest absolute Gasteiger partial charge is 0.343 e. The molecule has 0 radical (unpaired) electrons. The summed E-state index contributed by atoms with van der Waals surface area (Å²) < 4.78 is 4.76. The first-order valence-corrected chi connectivity index (χ1v) is 7.21. The van der Waals surface area contributed by atoms with Gasteiger partial charge in [0.05, 0.1) is 23.8 Å². The van der Waals surface area contributed by atoms with Crippen molar-refractivity contribution in [1.29, 1.82) is 0 Å². The molecule has 1 aliphatic rings. The number of esters is 1. The predicted molar refractivity (Wildman–Crippen MR) is 77.5 cm³/mol. The predicted octanol–water partition coefficient (Wildman–Crippen LogP) is 1.28. The van der Waals surface area contributed by atoms with E-state index in [1.807, 2.05) is 4.90 Å². The van der Waals surface area contributed by atoms with E-state index in [1.165, 1.54) is 25.4 Å². The quantitative estimate of drug-likeness (QED) is 0.645. The monoisotopic (exact) mass is 298 g/mol. The molecule has 2 heterocycles. The van der Waals surface area contributed by atoms with Crippen LogP contribution in [0.4, 0.5) is 10.7 Å². The maximum absolute atomic E-state index is 11.9. The van der Waals surface area contributed by atoms with E-state index >= 15 is 0 Å². The van der Waals surface area contributed by atoms with Crippen molar-refractivity contribution < 1.29 is 19.4 Å². The van der Waals surface area contributed by atoms with Gasteiger partial charge in [-0.3, -0.25) is 4.79 Å². The summed E-state index contributed by atoms with van der Waals surface area (Å²) in [4.78, 5) is 25.9. The SMILES string of the molecule is COC(=O)c1c(N2CCC(O)CC2)sc(C(C)=O)c1N. The minimum Gasteiger partial charge on any atom is -0.465 e. The van der Waals surface area contributed by atoms with E-state index < -0.39 is 5.97 Å². The number of piperidine rings is 1. The number of nitrogens with two attached hydrogens (primary N) is 1. The van der Waals surface area contributed by atoms with Gasteiger partial charge in [-0.2, -0.15) is 0 Å². The first-order chi connectivity index (χ1) is 9.45. The van der Waals surface area contributed by atoms with E-state index in [9.17, 15) is 14.7 Å². The van der Waals surface area contributed by atoms with Crippen molar-refractivity contribution in [2.24, 2.45) is 0 Å². The van der Waals surface area contributed by atoms with Crippen molar-refractivity contribution in [1.82, 2.24) is 0 Å². The molecule has 2 rings (SSSR count). The van der Waals surface area contributed by atoms with Gasteiger partial charge in [0.25, 0.3) is 0 Å². The number of aliphatic hydroxyl groups excluding tert-OH is 1. The summed E-state index contributed by atoms with van der Waals surface area (Å²) in [7, 11) is 1.29. The van der Waals surface area contributed by atoms with Crippen molar-refractivity contribution >= 4 is 33.8 Å². The van der Waals surface area contributed by atoms with E-state index in [4.69, 9.17) is 10.5 Å². The van der Waals surface area contributed by atoms with Crippen LogP contribution in [0.5, 0.6) is 0 Å². The van der Waals surface area contributed by atoms with Gasteiger partial charge in [-0.15, -0.1) is 11.3 Å². The summed E-state index contributed by atoms with van der Waals surface area (Å²) in [6, 6.07) is 0. The molecule has 1 fully saturated rings. The number of ether oxygens (including phenoxy) is 1. The van der Waals surface area contributed by atoms with Crippen LogP contribution in [-0.2, 0) is 4.74 Å². The number of nitrogen functional groups attached to an aromatic ring is 1. The van der Waals surface area contributed by atoms with Crippen LogP contribution in [0, 0.1) is 0 Å². The molecule has 1 aromatic rings. The Morgan fingerprint density at radius 2 is 2.00 bits per heavy atom. The number of ketones is 1. The molecule has 1 aliphatic heterocycles. The van der Waals surface area contributed by atoms with Crippen molar-refractivity contribution in [2.75, 3.05) is 30.8 Å². The van der Waals surface area contributed by atoms with Crippen LogP contribution in [0.25, 0.3) is 0 Å². The topological polar surface area (TPSA) is 92.9 Å².